The average molecular weight is 380 g/mol. The van der Waals surface area contributed by atoms with Crippen molar-refractivity contribution in [3.05, 3.63) is 53.9 Å². The first-order valence-corrected chi connectivity index (χ1v) is 7.37. The number of fused-ring (bicyclic) bond motifs is 1. The number of carbonyl (C=O) groups is 1. The maximum Gasteiger partial charge on any atom is 0.338 e. The molecule has 0 fully saturated rings. The van der Waals surface area contributed by atoms with E-state index in [2.05, 4.69) is 8.75 Å². The van der Waals surface area contributed by atoms with Gasteiger partial charge < -0.3 is 21.7 Å². The smallest absolute Gasteiger partial charge is 0.338 e. The molecule has 0 radical (unpaired) electrons. The second kappa shape index (κ2) is 7.42. The second-order valence-electron chi connectivity index (χ2n) is 4.53. The van der Waals surface area contributed by atoms with Crippen LogP contribution in [-0.2, 0) is 11.3 Å². The first-order chi connectivity index (χ1) is 10.3. The normalized spacial score (nSPS) is 10.2. The minimum atomic E-state index is -0.296. The minimum Gasteiger partial charge on any atom is -1.00 e. The van der Waals surface area contributed by atoms with Crippen molar-refractivity contribution in [1.82, 2.24) is 8.75 Å². The van der Waals surface area contributed by atoms with E-state index in [1.165, 1.54) is 11.7 Å². The van der Waals surface area contributed by atoms with E-state index in [4.69, 9.17) is 4.74 Å². The van der Waals surface area contributed by atoms with Crippen LogP contribution >= 0.6 is 11.7 Å². The van der Waals surface area contributed by atoms with Gasteiger partial charge in [0.25, 0.3) is 0 Å². The summed E-state index contributed by atoms with van der Waals surface area (Å²) in [6, 6.07) is 9.49. The van der Waals surface area contributed by atoms with Crippen LogP contribution in [0, 0.1) is 0 Å². The number of hydrogen-bond acceptors (Lipinski definition) is 5. The molecular weight excluding hydrogens is 366 g/mol. The number of hydrogen-bond donors (Lipinski definition) is 0. The average Bonchev–Trinajstić information content (AvgIpc) is 2.98. The van der Waals surface area contributed by atoms with E-state index in [-0.39, 0.29) is 23.0 Å². The topological polar surface area (TPSA) is 56.0 Å². The molecule has 114 valence electrons. The molecule has 5 nitrogen and oxygen atoms in total. The van der Waals surface area contributed by atoms with Gasteiger partial charge in [0, 0.05) is 17.7 Å². The molecule has 2 heterocycles. The molecule has 7 heteroatoms. The number of esters is 1. The van der Waals surface area contributed by atoms with Crippen molar-refractivity contribution in [3.8, 4) is 0 Å². The number of halogens is 1. The molecular formula is C15H14BrN3O2S. The molecule has 0 spiro atoms. The van der Waals surface area contributed by atoms with Gasteiger partial charge >= 0.3 is 5.97 Å². The largest absolute Gasteiger partial charge is 1.00 e. The Morgan fingerprint density at radius 1 is 1.23 bits per heavy atom. The van der Waals surface area contributed by atoms with Crippen molar-refractivity contribution < 1.29 is 31.1 Å². The number of aromatic nitrogens is 3. The van der Waals surface area contributed by atoms with Crippen LogP contribution in [-0.4, -0.2) is 21.3 Å². The Morgan fingerprint density at radius 3 is 2.73 bits per heavy atom. The summed E-state index contributed by atoms with van der Waals surface area (Å²) in [7, 11) is 0. The number of carbonyl (C=O) groups excluding carboxylic acids is 1. The summed E-state index contributed by atoms with van der Waals surface area (Å²) in [5.74, 6) is -0.296. The lowest BCUT2D eigenvalue weighted by Gasteiger charge is -2.01. The SMILES string of the molecule is CCOC(=O)c1cc[n+](Cc2cccc3nsnc23)cc1.[Br-]. The highest BCUT2D eigenvalue weighted by molar-refractivity contribution is 7.00. The molecule has 2 aromatic heterocycles. The maximum atomic E-state index is 11.6. The third-order valence-corrected chi connectivity index (χ3v) is 3.67. The van der Waals surface area contributed by atoms with Crippen molar-refractivity contribution in [2.24, 2.45) is 0 Å². The Bertz CT molecular complexity index is 774. The molecule has 3 rings (SSSR count). The minimum absolute atomic E-state index is 0. The van der Waals surface area contributed by atoms with Crippen molar-refractivity contribution in [2.45, 2.75) is 13.5 Å². The molecule has 0 N–H and O–H groups in total. The fraction of sp³-hybridized carbons (Fsp3) is 0.200. The Morgan fingerprint density at radius 2 is 2.00 bits per heavy atom. The van der Waals surface area contributed by atoms with Crippen molar-refractivity contribution in [2.75, 3.05) is 6.61 Å². The summed E-state index contributed by atoms with van der Waals surface area (Å²) in [6.45, 7) is 2.86. The Labute approximate surface area is 142 Å². The second-order valence-corrected chi connectivity index (χ2v) is 5.06. The predicted octanol–water partition coefficient (Wildman–Crippen LogP) is -0.792. The fourth-order valence-corrected chi connectivity index (χ4v) is 2.67. The van der Waals surface area contributed by atoms with Gasteiger partial charge in [-0.15, -0.1) is 0 Å². The van der Waals surface area contributed by atoms with Gasteiger partial charge in [-0.3, -0.25) is 0 Å². The van der Waals surface area contributed by atoms with Crippen LogP contribution in [0.1, 0.15) is 22.8 Å². The summed E-state index contributed by atoms with van der Waals surface area (Å²) in [5.41, 5.74) is 3.52. The predicted molar refractivity (Wildman–Crippen MR) is 79.1 cm³/mol. The lowest BCUT2D eigenvalue weighted by molar-refractivity contribution is -0.688. The van der Waals surface area contributed by atoms with Crippen LogP contribution in [0.2, 0.25) is 0 Å². The summed E-state index contributed by atoms with van der Waals surface area (Å²) in [5, 5.41) is 0. The number of rotatable bonds is 4. The lowest BCUT2D eigenvalue weighted by Crippen LogP contribution is -3.00. The van der Waals surface area contributed by atoms with E-state index in [1.807, 2.05) is 35.2 Å². The van der Waals surface area contributed by atoms with E-state index < -0.39 is 0 Å². The Balaban J connectivity index is 0.00000176. The summed E-state index contributed by atoms with van der Waals surface area (Å²) >= 11 is 1.22. The molecule has 0 atom stereocenters. The van der Waals surface area contributed by atoms with Crippen LogP contribution < -0.4 is 21.5 Å². The standard InChI is InChI=1S/C15H14N3O2S.BrH/c1-2-20-15(19)11-6-8-18(9-7-11)10-12-4-3-5-13-14(12)17-21-16-13;/h3-9H,2,10H2,1H3;1H/q+1;/p-1. The first kappa shape index (κ1) is 16.5. The van der Waals surface area contributed by atoms with Gasteiger partial charge in [-0.1, -0.05) is 12.1 Å². The molecule has 0 aliphatic carbocycles. The molecule has 3 aromatic rings. The van der Waals surface area contributed by atoms with Crippen LogP contribution in [0.5, 0.6) is 0 Å². The quantitative estimate of drug-likeness (QED) is 0.440. The third kappa shape index (κ3) is 3.48. The maximum absolute atomic E-state index is 11.6. The Kier molecular flexibility index (Phi) is 5.57. The van der Waals surface area contributed by atoms with Crippen molar-refractivity contribution in [1.29, 1.82) is 0 Å². The molecule has 0 bridgehead atoms. The molecule has 0 aliphatic heterocycles. The Hall–Kier alpha value is -1.86. The van der Waals surface area contributed by atoms with Crippen LogP contribution in [0.4, 0.5) is 0 Å². The van der Waals surface area contributed by atoms with Gasteiger partial charge in [0.1, 0.15) is 11.0 Å². The van der Waals surface area contributed by atoms with E-state index in [1.54, 1.807) is 19.1 Å². The molecule has 0 unspecified atom stereocenters. The summed E-state index contributed by atoms with van der Waals surface area (Å²) in [6.07, 6.45) is 3.73. The van der Waals surface area contributed by atoms with Crippen molar-refractivity contribution in [3.63, 3.8) is 0 Å². The summed E-state index contributed by atoms with van der Waals surface area (Å²) < 4.78 is 15.5. The van der Waals surface area contributed by atoms with Gasteiger partial charge in [-0.25, -0.2) is 9.36 Å². The number of nitrogens with zero attached hydrogens (tertiary/aromatic N) is 3. The molecule has 0 saturated carbocycles. The number of pyridine rings is 1. The molecule has 0 aliphatic rings. The number of benzene rings is 1. The molecule has 0 saturated heterocycles. The highest BCUT2D eigenvalue weighted by Gasteiger charge is 2.12. The third-order valence-electron chi connectivity index (χ3n) is 3.12. The zero-order valence-electron chi connectivity index (χ0n) is 11.9. The van der Waals surface area contributed by atoms with Crippen LogP contribution in [0.3, 0.4) is 0 Å². The highest BCUT2D eigenvalue weighted by Crippen LogP contribution is 2.16. The monoisotopic (exact) mass is 379 g/mol. The van der Waals surface area contributed by atoms with Gasteiger partial charge in [0.15, 0.2) is 18.9 Å². The van der Waals surface area contributed by atoms with Gasteiger partial charge in [-0.2, -0.15) is 8.75 Å². The molecule has 0 amide bonds. The van der Waals surface area contributed by atoms with Crippen LogP contribution in [0.25, 0.3) is 11.0 Å². The number of ether oxygens (including phenoxy) is 1. The van der Waals surface area contributed by atoms with Gasteiger partial charge in [0.05, 0.1) is 23.9 Å². The van der Waals surface area contributed by atoms with E-state index in [0.717, 1.165) is 16.6 Å². The zero-order valence-corrected chi connectivity index (χ0v) is 14.3. The lowest BCUT2D eigenvalue weighted by atomic mass is 10.2. The fourth-order valence-electron chi connectivity index (χ4n) is 2.10. The highest BCUT2D eigenvalue weighted by atomic mass is 79.9. The summed E-state index contributed by atoms with van der Waals surface area (Å²) in [4.78, 5) is 11.6. The molecule has 1 aromatic carbocycles. The first-order valence-electron chi connectivity index (χ1n) is 6.64. The van der Waals surface area contributed by atoms with E-state index in [9.17, 15) is 4.79 Å². The molecule has 22 heavy (non-hydrogen) atoms. The van der Waals surface area contributed by atoms with E-state index in [0.29, 0.717) is 18.7 Å². The van der Waals surface area contributed by atoms with Gasteiger partial charge in [-0.05, 0) is 13.0 Å². The van der Waals surface area contributed by atoms with Crippen LogP contribution in [0.15, 0.2) is 42.7 Å². The van der Waals surface area contributed by atoms with E-state index >= 15 is 0 Å². The van der Waals surface area contributed by atoms with Crippen molar-refractivity contribution >= 4 is 28.7 Å². The zero-order chi connectivity index (χ0) is 14.7. The van der Waals surface area contributed by atoms with Gasteiger partial charge in [0.2, 0.25) is 0 Å².